The highest BCUT2D eigenvalue weighted by molar-refractivity contribution is 7.89. The lowest BCUT2D eigenvalue weighted by Crippen LogP contribution is -2.56. The summed E-state index contributed by atoms with van der Waals surface area (Å²) in [5.41, 5.74) is 0.823. The zero-order chi connectivity index (χ0) is 23.3. The molecule has 1 amide bonds. The number of carbonyl (C=O) groups excluding carboxylic acids is 1. The van der Waals surface area contributed by atoms with Crippen molar-refractivity contribution in [3.63, 3.8) is 0 Å². The number of halogens is 1. The minimum Gasteiger partial charge on any atom is -0.377 e. The normalized spacial score (nSPS) is 20.6. The summed E-state index contributed by atoms with van der Waals surface area (Å²) in [7, 11) is -4.22. The fourth-order valence-electron chi connectivity index (χ4n) is 4.39. The molecule has 2 fully saturated rings. The van der Waals surface area contributed by atoms with Crippen molar-refractivity contribution in [1.29, 1.82) is 0 Å². The largest absolute Gasteiger partial charge is 0.377 e. The van der Waals surface area contributed by atoms with Crippen molar-refractivity contribution in [2.75, 3.05) is 39.3 Å². The molecule has 1 N–H and O–H groups in total. The molecule has 2 saturated heterocycles. The lowest BCUT2D eigenvalue weighted by molar-refractivity contribution is -0.134. The summed E-state index contributed by atoms with van der Waals surface area (Å²) < 4.78 is 48.3. The third kappa shape index (κ3) is 6.17. The second-order valence-electron chi connectivity index (χ2n) is 8.55. The van der Waals surface area contributed by atoms with Crippen LogP contribution in [0.3, 0.4) is 0 Å². The Balaban J connectivity index is 1.46. The minimum absolute atomic E-state index is 0.184. The molecule has 0 bridgehead atoms. The van der Waals surface area contributed by atoms with E-state index in [2.05, 4.69) is 9.62 Å². The van der Waals surface area contributed by atoms with Gasteiger partial charge in [0.05, 0.1) is 6.10 Å². The van der Waals surface area contributed by atoms with Crippen molar-refractivity contribution in [1.82, 2.24) is 14.5 Å². The van der Waals surface area contributed by atoms with Crippen LogP contribution < -0.4 is 4.72 Å². The fourth-order valence-corrected chi connectivity index (χ4v) is 5.66. The molecule has 178 valence electrons. The van der Waals surface area contributed by atoms with Crippen molar-refractivity contribution in [3.8, 4) is 0 Å². The quantitative estimate of drug-likeness (QED) is 0.632. The highest BCUT2D eigenvalue weighted by Gasteiger charge is 2.33. The van der Waals surface area contributed by atoms with Gasteiger partial charge in [-0.3, -0.25) is 9.69 Å². The molecule has 33 heavy (non-hydrogen) atoms. The number of nitrogens with zero attached hydrogens (tertiary/aromatic N) is 2. The number of ether oxygens (including phenoxy) is 1. The zero-order valence-electron chi connectivity index (χ0n) is 18.5. The van der Waals surface area contributed by atoms with Gasteiger partial charge in [-0.1, -0.05) is 42.5 Å². The molecule has 2 aromatic carbocycles. The van der Waals surface area contributed by atoms with Gasteiger partial charge < -0.3 is 9.64 Å². The van der Waals surface area contributed by atoms with Crippen LogP contribution in [0.1, 0.15) is 18.4 Å². The second-order valence-corrected chi connectivity index (χ2v) is 10.2. The van der Waals surface area contributed by atoms with Crippen LogP contribution in [-0.4, -0.2) is 75.6 Å². The van der Waals surface area contributed by atoms with Gasteiger partial charge in [0.1, 0.15) is 16.8 Å². The Morgan fingerprint density at radius 2 is 1.76 bits per heavy atom. The van der Waals surface area contributed by atoms with Crippen LogP contribution in [0.4, 0.5) is 4.39 Å². The van der Waals surface area contributed by atoms with Crippen LogP contribution in [-0.2, 0) is 26.0 Å². The van der Waals surface area contributed by atoms with Crippen LogP contribution in [0.15, 0.2) is 59.5 Å². The van der Waals surface area contributed by atoms with Gasteiger partial charge in [0.15, 0.2) is 0 Å². The Morgan fingerprint density at radius 3 is 2.42 bits per heavy atom. The summed E-state index contributed by atoms with van der Waals surface area (Å²) >= 11 is 0. The van der Waals surface area contributed by atoms with E-state index in [0.29, 0.717) is 26.2 Å². The molecule has 7 nitrogen and oxygen atoms in total. The predicted octanol–water partition coefficient (Wildman–Crippen LogP) is 2.04. The number of hydrogen-bond acceptors (Lipinski definition) is 5. The summed E-state index contributed by atoms with van der Waals surface area (Å²) in [6.07, 6.45) is 2.59. The SMILES string of the molecule is O=C([C@@H](Cc1ccccc1)NS(=O)(=O)c1ccccc1F)N1CCN(C[C@H]2CCCO2)CC1. The van der Waals surface area contributed by atoms with Crippen molar-refractivity contribution >= 4 is 15.9 Å². The number of benzene rings is 2. The summed E-state index contributed by atoms with van der Waals surface area (Å²) in [6.45, 7) is 4.12. The van der Waals surface area contributed by atoms with Crippen molar-refractivity contribution < 1.29 is 22.3 Å². The number of hydrogen-bond donors (Lipinski definition) is 1. The van der Waals surface area contributed by atoms with Gasteiger partial charge in [-0.2, -0.15) is 4.72 Å². The molecule has 0 aromatic heterocycles. The molecule has 9 heteroatoms. The lowest BCUT2D eigenvalue weighted by atomic mass is 10.1. The molecule has 2 aromatic rings. The maximum atomic E-state index is 14.2. The lowest BCUT2D eigenvalue weighted by Gasteiger charge is -2.37. The van der Waals surface area contributed by atoms with Crippen LogP contribution in [0.2, 0.25) is 0 Å². The molecule has 4 rings (SSSR count). The topological polar surface area (TPSA) is 79.0 Å². The first kappa shape index (κ1) is 23.8. The maximum absolute atomic E-state index is 14.2. The van der Waals surface area contributed by atoms with Crippen LogP contribution in [0, 0.1) is 5.82 Å². The Morgan fingerprint density at radius 1 is 1.06 bits per heavy atom. The summed E-state index contributed by atoms with van der Waals surface area (Å²) in [5, 5.41) is 0. The van der Waals surface area contributed by atoms with Gasteiger partial charge in [0, 0.05) is 39.3 Å². The van der Waals surface area contributed by atoms with Gasteiger partial charge in [-0.25, -0.2) is 12.8 Å². The molecule has 2 aliphatic heterocycles. The van der Waals surface area contributed by atoms with E-state index in [9.17, 15) is 17.6 Å². The third-order valence-corrected chi connectivity index (χ3v) is 7.68. The van der Waals surface area contributed by atoms with Gasteiger partial charge in [0.25, 0.3) is 0 Å². The molecular formula is C24H30FN3O4S. The number of nitrogens with one attached hydrogen (secondary N) is 1. The van der Waals surface area contributed by atoms with E-state index in [1.54, 1.807) is 4.90 Å². The molecular weight excluding hydrogens is 445 g/mol. The molecule has 0 saturated carbocycles. The van der Waals surface area contributed by atoms with E-state index in [1.807, 2.05) is 30.3 Å². The fraction of sp³-hybridized carbons (Fsp3) is 0.458. The van der Waals surface area contributed by atoms with E-state index in [4.69, 9.17) is 4.74 Å². The highest BCUT2D eigenvalue weighted by Crippen LogP contribution is 2.18. The van der Waals surface area contributed by atoms with Crippen LogP contribution in [0.5, 0.6) is 0 Å². The monoisotopic (exact) mass is 475 g/mol. The predicted molar refractivity (Wildman–Crippen MR) is 123 cm³/mol. The molecule has 0 radical (unpaired) electrons. The smallest absolute Gasteiger partial charge is 0.244 e. The molecule has 0 spiro atoms. The molecule has 0 aliphatic carbocycles. The average Bonchev–Trinajstić information content (AvgIpc) is 3.32. The molecule has 2 aliphatic rings. The summed E-state index contributed by atoms with van der Waals surface area (Å²) in [6, 6.07) is 13.4. The molecule has 0 unspecified atom stereocenters. The minimum atomic E-state index is -4.22. The summed E-state index contributed by atoms with van der Waals surface area (Å²) in [5.74, 6) is -1.14. The second kappa shape index (κ2) is 10.7. The molecule has 2 atom stereocenters. The number of sulfonamides is 1. The van der Waals surface area contributed by atoms with Gasteiger partial charge in [-0.05, 0) is 37.0 Å². The first-order chi connectivity index (χ1) is 15.9. The number of carbonyl (C=O) groups is 1. The van der Waals surface area contributed by atoms with Crippen LogP contribution >= 0.6 is 0 Å². The van der Waals surface area contributed by atoms with E-state index in [1.165, 1.54) is 18.2 Å². The summed E-state index contributed by atoms with van der Waals surface area (Å²) in [4.78, 5) is 16.9. The van der Waals surface area contributed by atoms with E-state index < -0.39 is 26.8 Å². The van der Waals surface area contributed by atoms with Gasteiger partial charge >= 0.3 is 0 Å². The number of piperazine rings is 1. The number of rotatable bonds is 8. The number of amides is 1. The van der Waals surface area contributed by atoms with E-state index in [0.717, 1.165) is 37.6 Å². The highest BCUT2D eigenvalue weighted by atomic mass is 32.2. The van der Waals surface area contributed by atoms with Crippen LogP contribution in [0.25, 0.3) is 0 Å². The van der Waals surface area contributed by atoms with Gasteiger partial charge in [0.2, 0.25) is 15.9 Å². The standard InChI is InChI=1S/C24H30FN3O4S/c25-21-10-4-5-11-23(21)33(30,31)26-22(17-19-7-2-1-3-8-19)24(29)28-14-12-27(13-15-28)18-20-9-6-16-32-20/h1-5,7-8,10-11,20,22,26H,6,9,12-18H2/t20-,22-/m1/s1. The van der Waals surface area contributed by atoms with E-state index in [-0.39, 0.29) is 18.4 Å². The van der Waals surface area contributed by atoms with Crippen molar-refractivity contribution in [2.45, 2.75) is 36.3 Å². The first-order valence-corrected chi connectivity index (χ1v) is 12.8. The van der Waals surface area contributed by atoms with Crippen molar-refractivity contribution in [3.05, 3.63) is 66.0 Å². The maximum Gasteiger partial charge on any atom is 0.244 e. The Bertz CT molecular complexity index is 1040. The third-order valence-electron chi connectivity index (χ3n) is 6.17. The van der Waals surface area contributed by atoms with Gasteiger partial charge in [-0.15, -0.1) is 0 Å². The van der Waals surface area contributed by atoms with E-state index >= 15 is 0 Å². The Labute approximate surface area is 194 Å². The molecule has 2 heterocycles. The van der Waals surface area contributed by atoms with Crippen molar-refractivity contribution in [2.24, 2.45) is 0 Å². The Hall–Kier alpha value is -2.33. The first-order valence-electron chi connectivity index (χ1n) is 11.4. The zero-order valence-corrected chi connectivity index (χ0v) is 19.3. The Kier molecular flexibility index (Phi) is 7.75. The average molecular weight is 476 g/mol.